The summed E-state index contributed by atoms with van der Waals surface area (Å²) in [4.78, 5) is 11.4. The van der Waals surface area contributed by atoms with Crippen LogP contribution in [0, 0.1) is 0 Å². The molecule has 0 amide bonds. The van der Waals surface area contributed by atoms with Crippen LogP contribution in [0.3, 0.4) is 0 Å². The third-order valence-corrected chi connectivity index (χ3v) is 4.06. The fourth-order valence-corrected chi connectivity index (χ4v) is 2.49. The second-order valence-corrected chi connectivity index (χ2v) is 5.96. The minimum absolute atomic E-state index is 0.0967. The van der Waals surface area contributed by atoms with Crippen molar-refractivity contribution in [2.24, 2.45) is 0 Å². The van der Waals surface area contributed by atoms with Crippen LogP contribution in [0.4, 0.5) is 0 Å². The Hall–Kier alpha value is -1.95. The van der Waals surface area contributed by atoms with Crippen LogP contribution < -0.4 is 5.32 Å². The van der Waals surface area contributed by atoms with Crippen molar-refractivity contribution in [3.8, 4) is 11.5 Å². The molecule has 0 spiro atoms. The molecule has 0 bridgehead atoms. The van der Waals surface area contributed by atoms with E-state index >= 15 is 0 Å². The van der Waals surface area contributed by atoms with Crippen LogP contribution in [-0.2, 0) is 16.0 Å². The average Bonchev–Trinajstić information content (AvgIpc) is 2.56. The molecule has 25 heavy (non-hydrogen) atoms. The van der Waals surface area contributed by atoms with Gasteiger partial charge < -0.3 is 40.5 Å². The van der Waals surface area contributed by atoms with E-state index in [1.165, 1.54) is 18.2 Å². The number of aromatic hydroxyl groups is 2. The molecule has 5 atom stereocenters. The third kappa shape index (κ3) is 4.37. The van der Waals surface area contributed by atoms with E-state index in [-0.39, 0.29) is 12.2 Å². The van der Waals surface area contributed by atoms with Crippen LogP contribution in [0.25, 0.3) is 0 Å². The van der Waals surface area contributed by atoms with E-state index in [0.717, 1.165) is 0 Å². The van der Waals surface area contributed by atoms with Gasteiger partial charge in [0, 0.05) is 0 Å². The maximum Gasteiger partial charge on any atom is 0.321 e. The molecule has 1 aliphatic rings. The molecule has 5 unspecified atom stereocenters. The van der Waals surface area contributed by atoms with Gasteiger partial charge in [-0.2, -0.15) is 0 Å². The topological polar surface area (TPSA) is 180 Å². The summed E-state index contributed by atoms with van der Waals surface area (Å²) in [6.45, 7) is -0.959. The number of benzene rings is 1. The van der Waals surface area contributed by atoms with Crippen LogP contribution in [0.5, 0.6) is 11.5 Å². The number of carboxylic acid groups (broad SMARTS) is 1. The lowest BCUT2D eigenvalue weighted by atomic mass is 9.96. The van der Waals surface area contributed by atoms with Crippen molar-refractivity contribution in [1.82, 2.24) is 5.32 Å². The van der Waals surface area contributed by atoms with Crippen molar-refractivity contribution in [1.29, 1.82) is 0 Å². The van der Waals surface area contributed by atoms with Crippen molar-refractivity contribution >= 4 is 5.97 Å². The van der Waals surface area contributed by atoms with E-state index in [0.29, 0.717) is 5.56 Å². The number of hydrogen-bond donors (Lipinski definition) is 8. The Kier molecular flexibility index (Phi) is 5.83. The first-order chi connectivity index (χ1) is 11.6. The van der Waals surface area contributed by atoms with Crippen LogP contribution >= 0.6 is 0 Å². The van der Waals surface area contributed by atoms with Crippen molar-refractivity contribution in [3.05, 3.63) is 23.8 Å². The summed E-state index contributed by atoms with van der Waals surface area (Å²) in [7, 11) is 0. The van der Waals surface area contributed by atoms with Gasteiger partial charge in [-0.1, -0.05) is 6.07 Å². The molecule has 0 saturated carbocycles. The van der Waals surface area contributed by atoms with Gasteiger partial charge in [-0.15, -0.1) is 0 Å². The molecule has 1 heterocycles. The molecule has 8 N–H and O–H groups in total. The van der Waals surface area contributed by atoms with E-state index in [1.54, 1.807) is 0 Å². The van der Waals surface area contributed by atoms with E-state index < -0.39 is 55.0 Å². The number of phenolic OH excluding ortho intramolecular Hbond substituents is 2. The predicted molar refractivity (Wildman–Crippen MR) is 81.8 cm³/mol. The zero-order valence-electron chi connectivity index (χ0n) is 13.1. The van der Waals surface area contributed by atoms with Gasteiger partial charge in [0.25, 0.3) is 0 Å². The number of hydrogen-bond acceptors (Lipinski definition) is 9. The van der Waals surface area contributed by atoms with Gasteiger partial charge in [-0.05, 0) is 24.1 Å². The van der Waals surface area contributed by atoms with Gasteiger partial charge in [0.1, 0.15) is 24.4 Å². The quantitative estimate of drug-likeness (QED) is 0.253. The highest BCUT2D eigenvalue weighted by molar-refractivity contribution is 5.74. The van der Waals surface area contributed by atoms with Gasteiger partial charge in [0.15, 0.2) is 11.5 Å². The maximum atomic E-state index is 11.4. The minimum atomic E-state index is -2.27. The van der Waals surface area contributed by atoms with Gasteiger partial charge >= 0.3 is 5.97 Å². The summed E-state index contributed by atoms with van der Waals surface area (Å²) in [5.74, 6) is -4.28. The molecule has 1 saturated heterocycles. The van der Waals surface area contributed by atoms with Crippen LogP contribution in [-0.4, -0.2) is 85.0 Å². The molecular formula is C15H21NO9. The number of rotatable bonds is 6. The Morgan fingerprint density at radius 3 is 2.56 bits per heavy atom. The first-order valence-electron chi connectivity index (χ1n) is 7.51. The minimum Gasteiger partial charge on any atom is -0.504 e. The molecule has 10 nitrogen and oxygen atoms in total. The average molecular weight is 359 g/mol. The standard InChI is InChI=1S/C15H21NO9/c17-9-2-1-7(4-10(9)18)3-8(14(22)23)16-6-15(24)13(21)12(20)11(19)5-25-15/h1-2,4,8,11-13,16-21,24H,3,5-6H2,(H,22,23). The number of carbonyl (C=O) groups is 1. The Balaban J connectivity index is 2.04. The molecular weight excluding hydrogens is 338 g/mol. The highest BCUT2D eigenvalue weighted by Gasteiger charge is 2.48. The highest BCUT2D eigenvalue weighted by atomic mass is 16.6. The van der Waals surface area contributed by atoms with E-state index in [2.05, 4.69) is 5.32 Å². The third-order valence-electron chi connectivity index (χ3n) is 4.06. The lowest BCUT2D eigenvalue weighted by Gasteiger charge is -2.42. The SMILES string of the molecule is O=C(O)C(Cc1ccc(O)c(O)c1)NCC1(O)OCC(O)C(O)C1O. The summed E-state index contributed by atoms with van der Waals surface area (Å²) in [5.41, 5.74) is 0.405. The highest BCUT2D eigenvalue weighted by Crippen LogP contribution is 2.26. The van der Waals surface area contributed by atoms with Crippen molar-refractivity contribution in [3.63, 3.8) is 0 Å². The fourth-order valence-electron chi connectivity index (χ4n) is 2.49. The molecule has 2 rings (SSSR count). The van der Waals surface area contributed by atoms with Crippen molar-refractivity contribution < 1.29 is 45.3 Å². The smallest absolute Gasteiger partial charge is 0.321 e. The maximum absolute atomic E-state index is 11.4. The number of nitrogens with one attached hydrogen (secondary N) is 1. The number of aliphatic hydroxyl groups is 4. The number of aliphatic hydroxyl groups excluding tert-OH is 3. The predicted octanol–water partition coefficient (Wildman–Crippen LogP) is -2.52. The van der Waals surface area contributed by atoms with Crippen LogP contribution in [0.15, 0.2) is 18.2 Å². The monoisotopic (exact) mass is 359 g/mol. The molecule has 1 aliphatic heterocycles. The van der Waals surface area contributed by atoms with E-state index in [1.807, 2.05) is 0 Å². The largest absolute Gasteiger partial charge is 0.504 e. The lowest BCUT2D eigenvalue weighted by Crippen LogP contribution is -2.65. The summed E-state index contributed by atoms with van der Waals surface area (Å²) in [6, 6.07) is 2.62. The zero-order chi connectivity index (χ0) is 18.8. The zero-order valence-corrected chi connectivity index (χ0v) is 13.1. The molecule has 140 valence electrons. The second kappa shape index (κ2) is 7.52. The molecule has 0 aromatic heterocycles. The Labute approximate surface area is 142 Å². The van der Waals surface area contributed by atoms with E-state index in [9.17, 15) is 40.5 Å². The van der Waals surface area contributed by atoms with Crippen molar-refractivity contribution in [2.75, 3.05) is 13.2 Å². The molecule has 0 radical (unpaired) electrons. The molecule has 1 fully saturated rings. The van der Waals surface area contributed by atoms with E-state index in [4.69, 9.17) is 4.74 Å². The molecule has 0 aliphatic carbocycles. The van der Waals surface area contributed by atoms with Crippen LogP contribution in [0.2, 0.25) is 0 Å². The number of phenols is 2. The number of ether oxygens (including phenoxy) is 1. The normalized spacial score (nSPS) is 30.8. The van der Waals surface area contributed by atoms with Gasteiger partial charge in [0.05, 0.1) is 13.2 Å². The summed E-state index contributed by atoms with van der Waals surface area (Å²) in [6.07, 6.45) is -4.94. The Bertz CT molecular complexity index is 625. The van der Waals surface area contributed by atoms with Crippen LogP contribution in [0.1, 0.15) is 5.56 Å². The number of carboxylic acids is 1. The molecule has 10 heteroatoms. The van der Waals surface area contributed by atoms with Crippen molar-refractivity contribution in [2.45, 2.75) is 36.6 Å². The Morgan fingerprint density at radius 1 is 1.28 bits per heavy atom. The molecule has 1 aromatic rings. The second-order valence-electron chi connectivity index (χ2n) is 5.96. The summed E-state index contributed by atoms with van der Waals surface area (Å²) in [5, 5.41) is 69.6. The first-order valence-corrected chi connectivity index (χ1v) is 7.51. The Morgan fingerprint density at radius 2 is 1.96 bits per heavy atom. The summed E-state index contributed by atoms with van der Waals surface area (Å²) < 4.78 is 4.94. The van der Waals surface area contributed by atoms with Gasteiger partial charge in [0.2, 0.25) is 5.79 Å². The first kappa shape index (κ1) is 19.4. The van der Waals surface area contributed by atoms with Gasteiger partial charge in [-0.3, -0.25) is 10.1 Å². The van der Waals surface area contributed by atoms with Gasteiger partial charge in [-0.25, -0.2) is 0 Å². The lowest BCUT2D eigenvalue weighted by molar-refractivity contribution is -0.318. The molecule has 1 aromatic carbocycles. The summed E-state index contributed by atoms with van der Waals surface area (Å²) >= 11 is 0. The number of aliphatic carboxylic acids is 1. The fraction of sp³-hybridized carbons (Fsp3) is 0.533.